The van der Waals surface area contributed by atoms with Crippen LogP contribution in [0.4, 0.5) is 0 Å². The van der Waals surface area contributed by atoms with Crippen molar-refractivity contribution in [2.75, 3.05) is 19.6 Å². The van der Waals surface area contributed by atoms with Gasteiger partial charge >= 0.3 is 0 Å². The van der Waals surface area contributed by atoms with Crippen LogP contribution in [0.15, 0.2) is 28.7 Å². The highest BCUT2D eigenvalue weighted by molar-refractivity contribution is 9.10. The summed E-state index contributed by atoms with van der Waals surface area (Å²) in [6.45, 7) is 4.80. The van der Waals surface area contributed by atoms with Gasteiger partial charge in [0.15, 0.2) is 0 Å². The fourth-order valence-corrected chi connectivity index (χ4v) is 3.41. The minimum Gasteiger partial charge on any atom is -0.354 e. The Labute approximate surface area is 164 Å². The summed E-state index contributed by atoms with van der Waals surface area (Å²) in [5.74, 6) is 0.463. The summed E-state index contributed by atoms with van der Waals surface area (Å²) in [6.07, 6.45) is 3.88. The van der Waals surface area contributed by atoms with E-state index in [9.17, 15) is 4.79 Å². The van der Waals surface area contributed by atoms with Gasteiger partial charge < -0.3 is 16.0 Å². The first-order chi connectivity index (χ1) is 10.5. The van der Waals surface area contributed by atoms with Crippen molar-refractivity contribution < 1.29 is 4.79 Å². The number of nitrogens with zero attached hydrogens (tertiary/aromatic N) is 1. The molecule has 1 saturated heterocycles. The second-order valence-corrected chi connectivity index (χ2v) is 7.72. The lowest BCUT2D eigenvalue weighted by atomic mass is 9.92. The maximum atomic E-state index is 12.5. The molecule has 2 fully saturated rings. The van der Waals surface area contributed by atoms with E-state index in [1.807, 2.05) is 24.3 Å². The van der Waals surface area contributed by atoms with Crippen molar-refractivity contribution in [1.29, 1.82) is 0 Å². The van der Waals surface area contributed by atoms with Crippen LogP contribution in [0, 0.1) is 5.92 Å². The normalized spacial score (nSPS) is 22.9. The second-order valence-electron chi connectivity index (χ2n) is 6.80. The minimum absolute atomic E-state index is 0. The highest BCUT2D eigenvalue weighted by atomic mass is 79.9. The third-order valence-corrected chi connectivity index (χ3v) is 5.38. The number of hydrogen-bond acceptors (Lipinski definition) is 3. The van der Waals surface area contributed by atoms with Gasteiger partial charge in [0.25, 0.3) is 0 Å². The zero-order chi connectivity index (χ0) is 15.7. The maximum absolute atomic E-state index is 12.5. The molecule has 1 aliphatic carbocycles. The van der Waals surface area contributed by atoms with Crippen molar-refractivity contribution in [3.05, 3.63) is 34.3 Å². The van der Waals surface area contributed by atoms with Crippen molar-refractivity contribution in [2.24, 2.45) is 11.7 Å². The highest BCUT2D eigenvalue weighted by Gasteiger charge is 2.35. The second kappa shape index (κ2) is 8.86. The van der Waals surface area contributed by atoms with Gasteiger partial charge in [-0.05, 0) is 56.3 Å². The van der Waals surface area contributed by atoms with Crippen molar-refractivity contribution in [3.63, 3.8) is 0 Å². The van der Waals surface area contributed by atoms with E-state index < -0.39 is 5.54 Å². The molecule has 0 radical (unpaired) electrons. The summed E-state index contributed by atoms with van der Waals surface area (Å²) in [4.78, 5) is 15.0. The Morgan fingerprint density at radius 2 is 1.92 bits per heavy atom. The monoisotopic (exact) mass is 437 g/mol. The van der Waals surface area contributed by atoms with Gasteiger partial charge in [-0.1, -0.05) is 28.1 Å². The zero-order valence-electron chi connectivity index (χ0n) is 13.8. The first kappa shape index (κ1) is 21.7. The molecule has 0 bridgehead atoms. The lowest BCUT2D eigenvalue weighted by Crippen LogP contribution is -2.50. The third-order valence-electron chi connectivity index (χ3n) is 4.85. The fraction of sp³-hybridized carbons (Fsp3) is 0.588. The Kier molecular flexibility index (Phi) is 8.01. The standard InChI is InChI=1S/C17H24BrN3O.2ClH/c1-17(19,13-2-4-14(18)5-3-13)16(22)20-10-12-8-9-21(11-12)15-6-7-15;;/h2-5,12,15H,6-11,19H2,1H3,(H,20,22);2*1H. The van der Waals surface area contributed by atoms with E-state index in [0.29, 0.717) is 5.92 Å². The molecule has 1 aliphatic heterocycles. The molecule has 1 aromatic rings. The predicted molar refractivity (Wildman–Crippen MR) is 106 cm³/mol. The van der Waals surface area contributed by atoms with Gasteiger partial charge in [0, 0.05) is 23.6 Å². The quantitative estimate of drug-likeness (QED) is 0.742. The number of rotatable bonds is 5. The number of halogens is 3. The van der Waals surface area contributed by atoms with Crippen molar-refractivity contribution in [2.45, 2.75) is 37.8 Å². The van der Waals surface area contributed by atoms with E-state index in [4.69, 9.17) is 5.73 Å². The van der Waals surface area contributed by atoms with Gasteiger partial charge in [-0.25, -0.2) is 0 Å². The average Bonchev–Trinajstić information content (AvgIpc) is 3.24. The summed E-state index contributed by atoms with van der Waals surface area (Å²) in [6, 6.07) is 8.45. The molecule has 4 nitrogen and oxygen atoms in total. The molecule has 24 heavy (non-hydrogen) atoms. The van der Waals surface area contributed by atoms with Gasteiger partial charge in [-0.2, -0.15) is 0 Å². The van der Waals surface area contributed by atoms with E-state index in [-0.39, 0.29) is 30.7 Å². The van der Waals surface area contributed by atoms with E-state index in [2.05, 4.69) is 26.1 Å². The molecular formula is C17H26BrCl2N3O. The maximum Gasteiger partial charge on any atom is 0.244 e. The van der Waals surface area contributed by atoms with Crippen LogP contribution in [0.5, 0.6) is 0 Å². The van der Waals surface area contributed by atoms with Gasteiger partial charge in [-0.3, -0.25) is 4.79 Å². The molecule has 136 valence electrons. The van der Waals surface area contributed by atoms with Crippen LogP contribution >= 0.6 is 40.7 Å². The first-order valence-electron chi connectivity index (χ1n) is 8.04. The van der Waals surface area contributed by atoms with Crippen molar-refractivity contribution >= 4 is 46.7 Å². The molecule has 7 heteroatoms. The van der Waals surface area contributed by atoms with E-state index in [0.717, 1.165) is 29.2 Å². The molecule has 1 aromatic carbocycles. The van der Waals surface area contributed by atoms with Crippen LogP contribution in [-0.2, 0) is 10.3 Å². The lowest BCUT2D eigenvalue weighted by molar-refractivity contribution is -0.126. The SMILES string of the molecule is CC(N)(C(=O)NCC1CCN(C2CC2)C1)c1ccc(Br)cc1.Cl.Cl. The number of carbonyl (C=O) groups excluding carboxylic acids is 1. The Hall–Kier alpha value is -0.330. The van der Waals surface area contributed by atoms with E-state index in [1.54, 1.807) is 6.92 Å². The summed E-state index contributed by atoms with van der Waals surface area (Å²) < 4.78 is 0.985. The van der Waals surface area contributed by atoms with Crippen LogP contribution in [0.1, 0.15) is 31.7 Å². The predicted octanol–water partition coefficient (Wildman–Crippen LogP) is 3.07. The number of nitrogens with two attached hydrogens (primary N) is 1. The van der Waals surface area contributed by atoms with Crippen LogP contribution in [0.25, 0.3) is 0 Å². The Bertz CT molecular complexity index is 549. The largest absolute Gasteiger partial charge is 0.354 e. The highest BCUT2D eigenvalue weighted by Crippen LogP contribution is 2.31. The average molecular weight is 439 g/mol. The number of carbonyl (C=O) groups is 1. The van der Waals surface area contributed by atoms with Crippen LogP contribution in [0.3, 0.4) is 0 Å². The lowest BCUT2D eigenvalue weighted by Gasteiger charge is -2.25. The molecule has 2 unspecified atom stereocenters. The van der Waals surface area contributed by atoms with E-state index in [1.165, 1.54) is 25.8 Å². The Morgan fingerprint density at radius 3 is 2.50 bits per heavy atom. The summed E-state index contributed by atoms with van der Waals surface area (Å²) in [5, 5.41) is 3.06. The molecule has 1 saturated carbocycles. The molecule has 3 rings (SSSR count). The van der Waals surface area contributed by atoms with Crippen molar-refractivity contribution in [1.82, 2.24) is 10.2 Å². The smallest absolute Gasteiger partial charge is 0.244 e. The van der Waals surface area contributed by atoms with E-state index >= 15 is 0 Å². The molecule has 0 spiro atoms. The molecule has 1 amide bonds. The molecule has 0 aromatic heterocycles. The molecule has 2 atom stereocenters. The van der Waals surface area contributed by atoms with Crippen LogP contribution in [-0.4, -0.2) is 36.5 Å². The van der Waals surface area contributed by atoms with Gasteiger partial charge in [-0.15, -0.1) is 24.8 Å². The zero-order valence-corrected chi connectivity index (χ0v) is 17.1. The van der Waals surface area contributed by atoms with Gasteiger partial charge in [0.2, 0.25) is 5.91 Å². The fourth-order valence-electron chi connectivity index (χ4n) is 3.15. The Balaban J connectivity index is 0.00000144. The number of hydrogen-bond donors (Lipinski definition) is 2. The summed E-state index contributed by atoms with van der Waals surface area (Å²) >= 11 is 3.40. The number of nitrogens with one attached hydrogen (secondary N) is 1. The number of likely N-dealkylation sites (tertiary alicyclic amines) is 1. The summed E-state index contributed by atoms with van der Waals surface area (Å²) in [7, 11) is 0. The molecule has 2 aliphatic rings. The molecular weight excluding hydrogens is 413 g/mol. The van der Waals surface area contributed by atoms with Crippen LogP contribution in [0.2, 0.25) is 0 Å². The summed E-state index contributed by atoms with van der Waals surface area (Å²) in [5.41, 5.74) is 6.11. The molecule has 1 heterocycles. The van der Waals surface area contributed by atoms with Crippen LogP contribution < -0.4 is 11.1 Å². The topological polar surface area (TPSA) is 58.4 Å². The van der Waals surface area contributed by atoms with Crippen molar-refractivity contribution in [3.8, 4) is 0 Å². The third kappa shape index (κ3) is 5.09. The first-order valence-corrected chi connectivity index (χ1v) is 8.83. The number of amides is 1. The number of benzene rings is 1. The minimum atomic E-state index is -0.991. The Morgan fingerprint density at radius 1 is 1.29 bits per heavy atom. The molecule has 3 N–H and O–H groups in total. The van der Waals surface area contributed by atoms with Gasteiger partial charge in [0.1, 0.15) is 5.54 Å². The van der Waals surface area contributed by atoms with Gasteiger partial charge in [0.05, 0.1) is 0 Å².